The maximum Gasteiger partial charge on any atom is 0.202 e. The van der Waals surface area contributed by atoms with Crippen LogP contribution in [0.5, 0.6) is 5.75 Å². The molecule has 0 radical (unpaired) electrons. The lowest BCUT2D eigenvalue weighted by Crippen LogP contribution is -1.97. The van der Waals surface area contributed by atoms with Crippen LogP contribution in [0.4, 0.5) is 14.5 Å². The predicted octanol–water partition coefficient (Wildman–Crippen LogP) is 2.21. The molecular formula is C7H6ClF2NO. The van der Waals surface area contributed by atoms with E-state index in [-0.39, 0.29) is 16.5 Å². The summed E-state index contributed by atoms with van der Waals surface area (Å²) in [6.45, 7) is 0. The van der Waals surface area contributed by atoms with Gasteiger partial charge in [0.05, 0.1) is 12.8 Å². The Balaban J connectivity index is 3.42. The lowest BCUT2D eigenvalue weighted by Gasteiger charge is -2.06. The van der Waals surface area contributed by atoms with Crippen molar-refractivity contribution < 1.29 is 13.5 Å². The second-order valence-electron chi connectivity index (χ2n) is 2.11. The van der Waals surface area contributed by atoms with Crippen molar-refractivity contribution in [2.24, 2.45) is 0 Å². The third-order valence-corrected chi connectivity index (χ3v) is 1.74. The number of hydrogen-bond acceptors (Lipinski definition) is 2. The Morgan fingerprint density at radius 1 is 1.50 bits per heavy atom. The number of nitrogens with two attached hydrogens (primary N) is 1. The minimum absolute atomic E-state index is 0.0487. The fourth-order valence-corrected chi connectivity index (χ4v) is 0.993. The first-order chi connectivity index (χ1) is 5.57. The molecular weight excluding hydrogens is 188 g/mol. The molecule has 0 atom stereocenters. The Hall–Kier alpha value is -1.03. The van der Waals surface area contributed by atoms with E-state index in [9.17, 15) is 8.78 Å². The molecule has 1 aromatic rings. The fourth-order valence-electron chi connectivity index (χ4n) is 0.778. The highest BCUT2D eigenvalue weighted by Crippen LogP contribution is 2.34. The first-order valence-electron chi connectivity index (χ1n) is 3.05. The Bertz CT molecular complexity index is 291. The summed E-state index contributed by atoms with van der Waals surface area (Å²) in [6, 6.07) is 0.806. The summed E-state index contributed by atoms with van der Waals surface area (Å²) in [5.74, 6) is -2.57. The second-order valence-corrected chi connectivity index (χ2v) is 2.49. The minimum Gasteiger partial charge on any atom is -0.492 e. The number of halogens is 3. The van der Waals surface area contributed by atoms with Gasteiger partial charge >= 0.3 is 0 Å². The Kier molecular flexibility index (Phi) is 2.38. The van der Waals surface area contributed by atoms with Gasteiger partial charge in [-0.3, -0.25) is 0 Å². The van der Waals surface area contributed by atoms with Crippen LogP contribution in [-0.4, -0.2) is 7.11 Å². The Labute approximate surface area is 72.9 Å². The van der Waals surface area contributed by atoms with Gasteiger partial charge in [-0.05, 0) is 0 Å². The highest BCUT2D eigenvalue weighted by atomic mass is 35.5. The molecule has 0 fully saturated rings. The number of nitrogen functional groups attached to an aromatic ring is 1. The largest absolute Gasteiger partial charge is 0.492 e. The van der Waals surface area contributed by atoms with Crippen LogP contribution >= 0.6 is 11.6 Å². The van der Waals surface area contributed by atoms with Gasteiger partial charge in [0.1, 0.15) is 5.02 Å². The average Bonchev–Trinajstić information content (AvgIpc) is 2.02. The summed E-state index contributed by atoms with van der Waals surface area (Å²) >= 11 is 5.51. The molecule has 0 amide bonds. The molecule has 2 nitrogen and oxygen atoms in total. The molecule has 0 bridgehead atoms. The van der Waals surface area contributed by atoms with E-state index in [0.29, 0.717) is 0 Å². The van der Waals surface area contributed by atoms with Crippen LogP contribution in [0.15, 0.2) is 6.07 Å². The standard InChI is InChI=1S/C7H6ClF2NO/c1-12-7-5(8)4(11)2-3(9)6(7)10/h2H,11H2,1H3. The molecule has 2 N–H and O–H groups in total. The number of methoxy groups -OCH3 is 1. The van der Waals surface area contributed by atoms with Gasteiger partial charge in [-0.2, -0.15) is 4.39 Å². The molecule has 0 aliphatic heterocycles. The number of hydrogen-bond donors (Lipinski definition) is 1. The number of ether oxygens (including phenoxy) is 1. The van der Waals surface area contributed by atoms with E-state index in [2.05, 4.69) is 4.74 Å². The van der Waals surface area contributed by atoms with Crippen LogP contribution in [0, 0.1) is 11.6 Å². The fraction of sp³-hybridized carbons (Fsp3) is 0.143. The van der Waals surface area contributed by atoms with Gasteiger partial charge in [-0.1, -0.05) is 11.6 Å². The lowest BCUT2D eigenvalue weighted by molar-refractivity contribution is 0.372. The Morgan fingerprint density at radius 2 is 2.08 bits per heavy atom. The van der Waals surface area contributed by atoms with E-state index in [1.165, 1.54) is 7.11 Å². The van der Waals surface area contributed by atoms with Crippen molar-refractivity contribution in [3.8, 4) is 5.75 Å². The van der Waals surface area contributed by atoms with Crippen molar-refractivity contribution in [1.82, 2.24) is 0 Å². The zero-order valence-electron chi connectivity index (χ0n) is 6.20. The zero-order valence-corrected chi connectivity index (χ0v) is 6.95. The maximum absolute atomic E-state index is 12.8. The summed E-state index contributed by atoms with van der Waals surface area (Å²) in [5.41, 5.74) is 5.20. The van der Waals surface area contributed by atoms with Gasteiger partial charge in [0.25, 0.3) is 0 Å². The van der Waals surface area contributed by atoms with Crippen LogP contribution in [0.25, 0.3) is 0 Å². The van der Waals surface area contributed by atoms with E-state index in [0.717, 1.165) is 6.07 Å². The van der Waals surface area contributed by atoms with Gasteiger partial charge in [0, 0.05) is 6.07 Å². The first kappa shape index (κ1) is 9.06. The van der Waals surface area contributed by atoms with E-state index in [1.807, 2.05) is 0 Å². The SMILES string of the molecule is COc1c(F)c(F)cc(N)c1Cl. The topological polar surface area (TPSA) is 35.2 Å². The van der Waals surface area contributed by atoms with Crippen LogP contribution in [0.2, 0.25) is 5.02 Å². The molecule has 0 aromatic heterocycles. The van der Waals surface area contributed by atoms with Gasteiger partial charge < -0.3 is 10.5 Å². The molecule has 0 unspecified atom stereocenters. The molecule has 0 aliphatic rings. The second kappa shape index (κ2) is 3.15. The molecule has 1 aromatic carbocycles. The zero-order chi connectivity index (χ0) is 9.30. The normalized spacial score (nSPS) is 10.0. The van der Waals surface area contributed by atoms with Crippen LogP contribution in [0.3, 0.4) is 0 Å². The average molecular weight is 194 g/mol. The third-order valence-electron chi connectivity index (χ3n) is 1.35. The molecule has 0 saturated heterocycles. The monoisotopic (exact) mass is 193 g/mol. The number of benzene rings is 1. The third kappa shape index (κ3) is 1.30. The van der Waals surface area contributed by atoms with E-state index in [1.54, 1.807) is 0 Å². The van der Waals surface area contributed by atoms with Crippen LogP contribution in [-0.2, 0) is 0 Å². The molecule has 0 aliphatic carbocycles. The van der Waals surface area contributed by atoms with E-state index in [4.69, 9.17) is 17.3 Å². The molecule has 0 spiro atoms. The van der Waals surface area contributed by atoms with Crippen molar-refractivity contribution in [3.05, 3.63) is 22.7 Å². The van der Waals surface area contributed by atoms with Crippen molar-refractivity contribution in [1.29, 1.82) is 0 Å². The van der Waals surface area contributed by atoms with Crippen molar-refractivity contribution in [3.63, 3.8) is 0 Å². The molecule has 12 heavy (non-hydrogen) atoms. The smallest absolute Gasteiger partial charge is 0.202 e. The van der Waals surface area contributed by atoms with Crippen molar-refractivity contribution in [2.45, 2.75) is 0 Å². The summed E-state index contributed by atoms with van der Waals surface area (Å²) in [5, 5.41) is -0.114. The summed E-state index contributed by atoms with van der Waals surface area (Å²) in [6.07, 6.45) is 0. The van der Waals surface area contributed by atoms with E-state index < -0.39 is 11.6 Å². The molecule has 0 saturated carbocycles. The summed E-state index contributed by atoms with van der Waals surface area (Å²) < 4.78 is 29.9. The highest BCUT2D eigenvalue weighted by Gasteiger charge is 2.15. The first-order valence-corrected chi connectivity index (χ1v) is 3.42. The van der Waals surface area contributed by atoms with Crippen LogP contribution in [0.1, 0.15) is 0 Å². The minimum atomic E-state index is -1.13. The van der Waals surface area contributed by atoms with Crippen molar-refractivity contribution in [2.75, 3.05) is 12.8 Å². The Morgan fingerprint density at radius 3 is 2.58 bits per heavy atom. The summed E-state index contributed by atoms with van der Waals surface area (Å²) in [4.78, 5) is 0. The van der Waals surface area contributed by atoms with Crippen molar-refractivity contribution >= 4 is 17.3 Å². The number of anilines is 1. The molecule has 1 rings (SSSR count). The molecule has 66 valence electrons. The highest BCUT2D eigenvalue weighted by molar-refractivity contribution is 6.34. The maximum atomic E-state index is 12.8. The quantitative estimate of drug-likeness (QED) is 0.548. The molecule has 5 heteroatoms. The van der Waals surface area contributed by atoms with Gasteiger partial charge in [-0.15, -0.1) is 0 Å². The lowest BCUT2D eigenvalue weighted by atomic mass is 10.3. The van der Waals surface area contributed by atoms with Gasteiger partial charge in [0.2, 0.25) is 5.82 Å². The number of rotatable bonds is 1. The van der Waals surface area contributed by atoms with Crippen LogP contribution < -0.4 is 10.5 Å². The summed E-state index contributed by atoms with van der Waals surface area (Å²) in [7, 11) is 1.18. The van der Waals surface area contributed by atoms with Gasteiger partial charge in [-0.25, -0.2) is 4.39 Å². The van der Waals surface area contributed by atoms with Gasteiger partial charge in [0.15, 0.2) is 11.6 Å². The predicted molar refractivity (Wildman–Crippen MR) is 42.3 cm³/mol. The molecule has 0 heterocycles. The van der Waals surface area contributed by atoms with E-state index >= 15 is 0 Å².